The largest absolute Gasteiger partial charge is 0.435 e. The van der Waals surface area contributed by atoms with Gasteiger partial charge in [0.15, 0.2) is 0 Å². The molecule has 0 aromatic heterocycles. The maximum absolute atomic E-state index is 12.6. The first-order valence-corrected chi connectivity index (χ1v) is 7.83. The third-order valence-electron chi connectivity index (χ3n) is 3.54. The quantitative estimate of drug-likeness (QED) is 0.705. The lowest BCUT2D eigenvalue weighted by Crippen LogP contribution is -2.43. The Kier molecular flexibility index (Phi) is 6.48. The number of hydrogen-bond acceptors (Lipinski definition) is 4. The maximum Gasteiger partial charge on any atom is 0.387 e. The lowest BCUT2D eigenvalue weighted by molar-refractivity contribution is -0.120. The smallest absolute Gasteiger partial charge is 0.387 e. The number of urea groups is 1. The summed E-state index contributed by atoms with van der Waals surface area (Å²) in [5.74, 6) is -0.543. The molecule has 3 amide bonds. The van der Waals surface area contributed by atoms with Gasteiger partial charge in [-0.1, -0.05) is 30.3 Å². The summed E-state index contributed by atoms with van der Waals surface area (Å²) in [5.41, 5.74) is 6.88. The van der Waals surface area contributed by atoms with E-state index in [1.54, 1.807) is 13.0 Å². The van der Waals surface area contributed by atoms with Crippen LogP contribution in [0.3, 0.4) is 0 Å². The normalized spacial score (nSPS) is 11.7. The van der Waals surface area contributed by atoms with Crippen LogP contribution in [0, 0.1) is 0 Å². The molecule has 0 heterocycles. The third-order valence-corrected chi connectivity index (χ3v) is 3.54. The molecule has 0 bridgehead atoms. The van der Waals surface area contributed by atoms with Crippen LogP contribution in [0.2, 0.25) is 0 Å². The van der Waals surface area contributed by atoms with Crippen molar-refractivity contribution in [3.8, 4) is 5.75 Å². The van der Waals surface area contributed by atoms with E-state index in [1.807, 2.05) is 35.6 Å². The molecule has 0 saturated heterocycles. The van der Waals surface area contributed by atoms with E-state index in [1.165, 1.54) is 12.1 Å². The molecule has 1 unspecified atom stereocenters. The average Bonchev–Trinajstić information content (AvgIpc) is 2.57. The van der Waals surface area contributed by atoms with Gasteiger partial charge in [0.1, 0.15) is 11.8 Å². The fourth-order valence-corrected chi connectivity index (χ4v) is 2.38. The Bertz CT molecular complexity index is 770. The number of ether oxygens (including phenoxy) is 1. The summed E-state index contributed by atoms with van der Waals surface area (Å²) in [6, 6.07) is 12.1. The lowest BCUT2D eigenvalue weighted by atomic mass is 10.0. The van der Waals surface area contributed by atoms with Crippen LogP contribution in [0.5, 0.6) is 5.75 Å². The van der Waals surface area contributed by atoms with Crippen LogP contribution in [0.1, 0.15) is 18.1 Å². The molecule has 0 radical (unpaired) electrons. The lowest BCUT2D eigenvalue weighted by Gasteiger charge is -2.17. The molecule has 0 saturated carbocycles. The van der Waals surface area contributed by atoms with E-state index >= 15 is 0 Å². The first-order valence-electron chi connectivity index (χ1n) is 7.83. The standard InChI is InChI=1S/C18H19F2N3O3/c1-11(16(24)23-18(21)25)22-14-7-8-15(26-17(19)20)13(10-14)9-12-5-3-2-4-6-12/h2-8,10-11,17,22H,9H2,1H3,(H3,21,23,24,25). The maximum atomic E-state index is 12.6. The number of carbonyl (C=O) groups is 2. The Labute approximate surface area is 149 Å². The zero-order valence-corrected chi connectivity index (χ0v) is 14.0. The fourth-order valence-electron chi connectivity index (χ4n) is 2.38. The Morgan fingerprint density at radius 2 is 1.85 bits per heavy atom. The highest BCUT2D eigenvalue weighted by Crippen LogP contribution is 2.27. The number of rotatable bonds is 7. The highest BCUT2D eigenvalue weighted by molar-refractivity contribution is 5.97. The fraction of sp³-hybridized carbons (Fsp3) is 0.222. The molecule has 1 atom stereocenters. The van der Waals surface area contributed by atoms with Crippen LogP contribution < -0.4 is 21.1 Å². The molecule has 2 aromatic carbocycles. The molecule has 0 spiro atoms. The van der Waals surface area contributed by atoms with Gasteiger partial charge >= 0.3 is 12.6 Å². The van der Waals surface area contributed by atoms with Gasteiger partial charge < -0.3 is 15.8 Å². The van der Waals surface area contributed by atoms with Crippen molar-refractivity contribution in [2.75, 3.05) is 5.32 Å². The number of imide groups is 1. The van der Waals surface area contributed by atoms with Crippen molar-refractivity contribution in [3.05, 3.63) is 59.7 Å². The highest BCUT2D eigenvalue weighted by Gasteiger charge is 2.16. The minimum atomic E-state index is -2.94. The van der Waals surface area contributed by atoms with Gasteiger partial charge in [0.25, 0.3) is 0 Å². The van der Waals surface area contributed by atoms with E-state index in [0.717, 1.165) is 5.56 Å². The van der Waals surface area contributed by atoms with Crippen molar-refractivity contribution >= 4 is 17.6 Å². The molecule has 4 N–H and O–H groups in total. The second-order valence-electron chi connectivity index (χ2n) is 5.58. The minimum absolute atomic E-state index is 0.0589. The summed E-state index contributed by atoms with van der Waals surface area (Å²) < 4.78 is 29.9. The summed E-state index contributed by atoms with van der Waals surface area (Å²) >= 11 is 0. The van der Waals surface area contributed by atoms with Gasteiger partial charge in [0.2, 0.25) is 5.91 Å². The molecule has 0 aliphatic carbocycles. The van der Waals surface area contributed by atoms with E-state index < -0.39 is 24.6 Å². The predicted octanol–water partition coefficient (Wildman–Crippen LogP) is 2.87. The van der Waals surface area contributed by atoms with Crippen molar-refractivity contribution in [2.24, 2.45) is 5.73 Å². The van der Waals surface area contributed by atoms with Gasteiger partial charge in [-0.3, -0.25) is 10.1 Å². The molecule has 26 heavy (non-hydrogen) atoms. The van der Waals surface area contributed by atoms with Crippen molar-refractivity contribution in [3.63, 3.8) is 0 Å². The number of amides is 3. The van der Waals surface area contributed by atoms with E-state index in [0.29, 0.717) is 17.7 Å². The zero-order valence-electron chi connectivity index (χ0n) is 14.0. The van der Waals surface area contributed by atoms with Crippen LogP contribution in [0.4, 0.5) is 19.3 Å². The molecule has 2 aromatic rings. The van der Waals surface area contributed by atoms with E-state index in [9.17, 15) is 18.4 Å². The van der Waals surface area contributed by atoms with Crippen LogP contribution in [0.15, 0.2) is 48.5 Å². The van der Waals surface area contributed by atoms with E-state index in [4.69, 9.17) is 5.73 Å². The van der Waals surface area contributed by atoms with Crippen LogP contribution >= 0.6 is 0 Å². The number of nitrogens with one attached hydrogen (secondary N) is 2. The highest BCUT2D eigenvalue weighted by atomic mass is 19.3. The number of anilines is 1. The Balaban J connectivity index is 2.21. The summed E-state index contributed by atoms with van der Waals surface area (Å²) in [6.45, 7) is -1.40. The topological polar surface area (TPSA) is 93.4 Å². The number of benzene rings is 2. The first-order chi connectivity index (χ1) is 12.3. The molecule has 0 aliphatic rings. The number of alkyl halides is 2. The summed E-state index contributed by atoms with van der Waals surface area (Å²) in [4.78, 5) is 22.5. The van der Waals surface area contributed by atoms with Crippen molar-refractivity contribution in [1.29, 1.82) is 0 Å². The van der Waals surface area contributed by atoms with Crippen molar-refractivity contribution < 1.29 is 23.1 Å². The summed E-state index contributed by atoms with van der Waals surface area (Å²) in [5, 5.41) is 4.86. The first kappa shape index (κ1) is 19.2. The zero-order chi connectivity index (χ0) is 19.1. The number of nitrogens with two attached hydrogens (primary N) is 1. The predicted molar refractivity (Wildman–Crippen MR) is 93.1 cm³/mol. The molecular formula is C18H19F2N3O3. The Morgan fingerprint density at radius 3 is 2.46 bits per heavy atom. The second-order valence-corrected chi connectivity index (χ2v) is 5.58. The molecule has 0 aliphatic heterocycles. The number of hydrogen-bond donors (Lipinski definition) is 3. The molecule has 2 rings (SSSR count). The van der Waals surface area contributed by atoms with Gasteiger partial charge in [-0.05, 0) is 30.7 Å². The van der Waals surface area contributed by atoms with E-state index in [2.05, 4.69) is 10.1 Å². The third kappa shape index (κ3) is 5.73. The van der Waals surface area contributed by atoms with Gasteiger partial charge in [-0.25, -0.2) is 4.79 Å². The molecule has 138 valence electrons. The SMILES string of the molecule is CC(Nc1ccc(OC(F)F)c(Cc2ccccc2)c1)C(=O)NC(N)=O. The van der Waals surface area contributed by atoms with Gasteiger partial charge in [-0.15, -0.1) is 0 Å². The Morgan fingerprint density at radius 1 is 1.15 bits per heavy atom. The summed E-state index contributed by atoms with van der Waals surface area (Å²) in [7, 11) is 0. The number of halogens is 2. The van der Waals surface area contributed by atoms with Gasteiger partial charge in [0.05, 0.1) is 0 Å². The van der Waals surface area contributed by atoms with Crippen LogP contribution in [-0.4, -0.2) is 24.6 Å². The van der Waals surface area contributed by atoms with Gasteiger partial charge in [-0.2, -0.15) is 8.78 Å². The van der Waals surface area contributed by atoms with Crippen LogP contribution in [-0.2, 0) is 11.2 Å². The molecule has 6 nitrogen and oxygen atoms in total. The number of primary amides is 1. The average molecular weight is 363 g/mol. The summed E-state index contributed by atoms with van der Waals surface area (Å²) in [6.07, 6.45) is 0.375. The van der Waals surface area contributed by atoms with Crippen molar-refractivity contribution in [1.82, 2.24) is 5.32 Å². The minimum Gasteiger partial charge on any atom is -0.435 e. The molecular weight excluding hydrogens is 344 g/mol. The molecule has 8 heteroatoms. The van der Waals surface area contributed by atoms with Crippen molar-refractivity contribution in [2.45, 2.75) is 26.0 Å². The van der Waals surface area contributed by atoms with Crippen LogP contribution in [0.25, 0.3) is 0 Å². The Hall–Kier alpha value is -3.16. The second kappa shape index (κ2) is 8.80. The van der Waals surface area contributed by atoms with Gasteiger partial charge in [0, 0.05) is 17.7 Å². The number of carbonyl (C=O) groups excluding carboxylic acids is 2. The van der Waals surface area contributed by atoms with E-state index in [-0.39, 0.29) is 5.75 Å². The monoisotopic (exact) mass is 363 g/mol. The molecule has 0 fully saturated rings.